The summed E-state index contributed by atoms with van der Waals surface area (Å²) in [4.78, 5) is 12.6. The Hall–Kier alpha value is -1.08. The maximum Gasteiger partial charge on any atom is 0.273 e. The van der Waals surface area contributed by atoms with Gasteiger partial charge in [-0.1, -0.05) is 16.8 Å². The van der Waals surface area contributed by atoms with Crippen LogP contribution in [0.25, 0.3) is 10.6 Å². The largest absolute Gasteiger partial charge is 0.355 e. The number of carbonyl (C=O) groups excluding carboxylic acids is 1. The van der Waals surface area contributed by atoms with Crippen LogP contribution in [0, 0.1) is 0 Å². The van der Waals surface area contributed by atoms with Crippen molar-refractivity contribution in [3.05, 3.63) is 28.2 Å². The van der Waals surface area contributed by atoms with Gasteiger partial charge in [0.2, 0.25) is 0 Å². The lowest BCUT2D eigenvalue weighted by Crippen LogP contribution is -2.25. The lowest BCUT2D eigenvalue weighted by molar-refractivity contribution is 0.0944. The molecule has 110 valence electrons. The standard InChI is InChI=1S/C12H14ClN3O2S.ClH/c13-11-4-3-10(19-11)9-7-8(16-18-9)12(17)15-6-2-1-5-14;/h3-4,7H,1-2,5-6,14H2,(H,15,17);1H. The van der Waals surface area contributed by atoms with Crippen LogP contribution in [0.3, 0.4) is 0 Å². The Balaban J connectivity index is 0.00000200. The van der Waals surface area contributed by atoms with E-state index in [9.17, 15) is 4.79 Å². The van der Waals surface area contributed by atoms with Gasteiger partial charge in [0.15, 0.2) is 11.5 Å². The highest BCUT2D eigenvalue weighted by Crippen LogP contribution is 2.31. The fraction of sp³-hybridized carbons (Fsp3) is 0.333. The first kappa shape index (κ1) is 17.0. The van der Waals surface area contributed by atoms with Crippen LogP contribution in [0.2, 0.25) is 4.34 Å². The molecule has 3 N–H and O–H groups in total. The Kier molecular flexibility index (Phi) is 7.01. The molecule has 0 spiro atoms. The molecular formula is C12H15Cl2N3O2S. The summed E-state index contributed by atoms with van der Waals surface area (Å²) in [6, 6.07) is 5.22. The van der Waals surface area contributed by atoms with E-state index in [0.717, 1.165) is 17.7 Å². The van der Waals surface area contributed by atoms with Crippen LogP contribution >= 0.6 is 35.3 Å². The van der Waals surface area contributed by atoms with Crippen LogP contribution in [0.5, 0.6) is 0 Å². The third kappa shape index (κ3) is 4.49. The number of unbranched alkanes of at least 4 members (excludes halogenated alkanes) is 1. The number of carbonyl (C=O) groups is 1. The van der Waals surface area contributed by atoms with E-state index >= 15 is 0 Å². The van der Waals surface area contributed by atoms with Gasteiger partial charge < -0.3 is 15.6 Å². The summed E-state index contributed by atoms with van der Waals surface area (Å²) in [5.74, 6) is 0.304. The van der Waals surface area contributed by atoms with E-state index in [2.05, 4.69) is 10.5 Å². The number of thiophene rings is 1. The van der Waals surface area contributed by atoms with Gasteiger partial charge in [-0.2, -0.15) is 0 Å². The van der Waals surface area contributed by atoms with E-state index in [0.29, 0.717) is 23.2 Å². The van der Waals surface area contributed by atoms with Crippen LogP contribution in [0.15, 0.2) is 22.7 Å². The lowest BCUT2D eigenvalue weighted by atomic mass is 10.3. The summed E-state index contributed by atoms with van der Waals surface area (Å²) >= 11 is 7.22. The first-order valence-electron chi connectivity index (χ1n) is 5.91. The number of halogens is 2. The zero-order valence-corrected chi connectivity index (χ0v) is 13.0. The van der Waals surface area contributed by atoms with Gasteiger partial charge >= 0.3 is 0 Å². The Morgan fingerprint density at radius 2 is 2.25 bits per heavy atom. The molecule has 0 bridgehead atoms. The summed E-state index contributed by atoms with van der Waals surface area (Å²) in [6.07, 6.45) is 1.74. The normalized spacial score (nSPS) is 10.1. The smallest absolute Gasteiger partial charge is 0.273 e. The Morgan fingerprint density at radius 1 is 1.45 bits per heavy atom. The van der Waals surface area contributed by atoms with Gasteiger partial charge in [0.05, 0.1) is 9.21 Å². The average Bonchev–Trinajstić information content (AvgIpc) is 3.02. The topological polar surface area (TPSA) is 81.1 Å². The summed E-state index contributed by atoms with van der Waals surface area (Å²) in [6.45, 7) is 1.21. The van der Waals surface area contributed by atoms with Crippen molar-refractivity contribution >= 4 is 41.3 Å². The molecule has 0 aromatic carbocycles. The monoisotopic (exact) mass is 335 g/mol. The molecule has 0 aliphatic rings. The fourth-order valence-corrected chi connectivity index (χ4v) is 2.50. The number of hydrogen-bond acceptors (Lipinski definition) is 5. The second-order valence-electron chi connectivity index (χ2n) is 3.93. The van der Waals surface area contributed by atoms with E-state index in [-0.39, 0.29) is 24.0 Å². The minimum Gasteiger partial charge on any atom is -0.355 e. The Morgan fingerprint density at radius 3 is 2.90 bits per heavy atom. The third-order valence-corrected chi connectivity index (χ3v) is 3.72. The number of rotatable bonds is 6. The molecule has 0 fully saturated rings. The van der Waals surface area contributed by atoms with E-state index in [1.807, 2.05) is 6.07 Å². The van der Waals surface area contributed by atoms with Crippen molar-refractivity contribution in [2.75, 3.05) is 13.1 Å². The maximum atomic E-state index is 11.8. The van der Waals surface area contributed by atoms with Crippen LogP contribution in [-0.2, 0) is 0 Å². The Labute approximate surface area is 131 Å². The molecule has 2 heterocycles. The first-order chi connectivity index (χ1) is 9.20. The molecule has 1 amide bonds. The van der Waals surface area contributed by atoms with E-state index < -0.39 is 0 Å². The minimum absolute atomic E-state index is 0. The zero-order valence-electron chi connectivity index (χ0n) is 10.6. The van der Waals surface area contributed by atoms with Gasteiger partial charge in [0.25, 0.3) is 5.91 Å². The van der Waals surface area contributed by atoms with Crippen molar-refractivity contribution < 1.29 is 9.32 Å². The Bertz CT molecular complexity index is 556. The number of aromatic nitrogens is 1. The van der Waals surface area contributed by atoms with Crippen molar-refractivity contribution in [2.45, 2.75) is 12.8 Å². The fourth-order valence-electron chi connectivity index (χ4n) is 1.51. The summed E-state index contributed by atoms with van der Waals surface area (Å²) in [7, 11) is 0. The molecule has 0 saturated heterocycles. The molecular weight excluding hydrogens is 321 g/mol. The number of nitrogens with one attached hydrogen (secondary N) is 1. The van der Waals surface area contributed by atoms with Gasteiger partial charge in [-0.3, -0.25) is 4.79 Å². The molecule has 0 atom stereocenters. The molecule has 5 nitrogen and oxygen atoms in total. The van der Waals surface area contributed by atoms with Crippen LogP contribution in [-0.4, -0.2) is 24.2 Å². The predicted molar refractivity (Wildman–Crippen MR) is 82.7 cm³/mol. The number of nitrogens with two attached hydrogens (primary N) is 1. The number of amides is 1. The van der Waals surface area contributed by atoms with Crippen LogP contribution in [0.1, 0.15) is 23.3 Å². The van der Waals surface area contributed by atoms with Crippen molar-refractivity contribution in [2.24, 2.45) is 5.73 Å². The number of nitrogens with zero attached hydrogens (tertiary/aromatic N) is 1. The van der Waals surface area contributed by atoms with Crippen molar-refractivity contribution in [3.63, 3.8) is 0 Å². The highest BCUT2D eigenvalue weighted by atomic mass is 35.5. The van der Waals surface area contributed by atoms with Crippen molar-refractivity contribution in [1.82, 2.24) is 10.5 Å². The average molecular weight is 336 g/mol. The highest BCUT2D eigenvalue weighted by molar-refractivity contribution is 7.19. The van der Waals surface area contributed by atoms with Crippen molar-refractivity contribution in [1.29, 1.82) is 0 Å². The molecule has 2 aromatic rings. The van der Waals surface area contributed by atoms with Crippen LogP contribution in [0.4, 0.5) is 0 Å². The van der Waals surface area contributed by atoms with Gasteiger partial charge in [-0.05, 0) is 31.5 Å². The predicted octanol–water partition coefficient (Wildman–Crippen LogP) is 2.95. The third-order valence-electron chi connectivity index (χ3n) is 2.48. The van der Waals surface area contributed by atoms with E-state index in [4.69, 9.17) is 21.9 Å². The highest BCUT2D eigenvalue weighted by Gasteiger charge is 2.14. The zero-order chi connectivity index (χ0) is 13.7. The van der Waals surface area contributed by atoms with Gasteiger partial charge in [-0.15, -0.1) is 23.7 Å². The molecule has 2 rings (SSSR count). The number of hydrogen-bond donors (Lipinski definition) is 2. The summed E-state index contributed by atoms with van der Waals surface area (Å²) in [5, 5.41) is 6.52. The molecule has 0 saturated carbocycles. The van der Waals surface area contributed by atoms with E-state index in [1.165, 1.54) is 11.3 Å². The minimum atomic E-state index is -0.241. The lowest BCUT2D eigenvalue weighted by Gasteiger charge is -2.00. The quantitative estimate of drug-likeness (QED) is 0.795. The van der Waals surface area contributed by atoms with Gasteiger partial charge in [0.1, 0.15) is 0 Å². The molecule has 0 radical (unpaired) electrons. The molecule has 2 aromatic heterocycles. The SMILES string of the molecule is Cl.NCCCCNC(=O)c1cc(-c2ccc(Cl)s2)on1. The van der Waals surface area contributed by atoms with E-state index in [1.54, 1.807) is 12.1 Å². The van der Waals surface area contributed by atoms with Gasteiger partial charge in [-0.25, -0.2) is 0 Å². The molecule has 20 heavy (non-hydrogen) atoms. The summed E-state index contributed by atoms with van der Waals surface area (Å²) in [5.41, 5.74) is 5.65. The first-order valence-corrected chi connectivity index (χ1v) is 7.11. The van der Waals surface area contributed by atoms with Crippen LogP contribution < -0.4 is 11.1 Å². The van der Waals surface area contributed by atoms with Gasteiger partial charge in [0, 0.05) is 12.6 Å². The molecule has 8 heteroatoms. The molecule has 0 aliphatic heterocycles. The van der Waals surface area contributed by atoms with Crippen molar-refractivity contribution in [3.8, 4) is 10.6 Å². The maximum absolute atomic E-state index is 11.8. The second-order valence-corrected chi connectivity index (χ2v) is 5.65. The summed E-state index contributed by atoms with van der Waals surface area (Å²) < 4.78 is 5.80. The molecule has 0 aliphatic carbocycles. The second kappa shape index (κ2) is 8.26. The molecule has 0 unspecified atom stereocenters.